The van der Waals surface area contributed by atoms with E-state index in [2.05, 4.69) is 10.3 Å². The number of sulfonamides is 1. The lowest BCUT2D eigenvalue weighted by Gasteiger charge is -2.14. The molecule has 0 fully saturated rings. The summed E-state index contributed by atoms with van der Waals surface area (Å²) < 4.78 is 73.0. The number of hydrogen-bond donors (Lipinski definition) is 1. The summed E-state index contributed by atoms with van der Waals surface area (Å²) in [5, 5.41) is 6.80. The van der Waals surface area contributed by atoms with E-state index in [1.54, 1.807) is 4.72 Å². The summed E-state index contributed by atoms with van der Waals surface area (Å²) in [4.78, 5) is 12.1. The molecule has 3 aromatic rings. The normalized spacial score (nSPS) is 12.0. The Kier molecular flexibility index (Phi) is 6.40. The van der Waals surface area contributed by atoms with Gasteiger partial charge in [0.25, 0.3) is 15.9 Å². The second kappa shape index (κ2) is 8.60. The summed E-state index contributed by atoms with van der Waals surface area (Å²) in [7, 11) is -3.15. The molecule has 0 aliphatic carbocycles. The van der Waals surface area contributed by atoms with E-state index < -0.39 is 43.9 Å². The number of methoxy groups -OCH3 is 1. The van der Waals surface area contributed by atoms with Gasteiger partial charge in [-0.05, 0) is 37.3 Å². The average molecular weight is 509 g/mol. The maximum Gasteiger partial charge on any atom is 0.418 e. The number of alkyl halides is 3. The monoisotopic (exact) mass is 508 g/mol. The second-order valence-corrected chi connectivity index (χ2v) is 8.82. The Morgan fingerprint density at radius 1 is 1.16 bits per heavy atom. The van der Waals surface area contributed by atoms with Gasteiger partial charge in [-0.1, -0.05) is 28.4 Å². The molecule has 1 amide bonds. The fourth-order valence-corrected chi connectivity index (χ4v) is 4.37. The van der Waals surface area contributed by atoms with E-state index >= 15 is 0 Å². The molecule has 1 heterocycles. The number of amides is 1. The van der Waals surface area contributed by atoms with Crippen LogP contribution in [-0.2, 0) is 16.2 Å². The van der Waals surface area contributed by atoms with Crippen LogP contribution in [0.3, 0.4) is 0 Å². The minimum absolute atomic E-state index is 0.137. The van der Waals surface area contributed by atoms with Crippen molar-refractivity contribution in [2.45, 2.75) is 18.0 Å². The fraction of sp³-hybridized carbons (Fsp3) is 0.167. The van der Waals surface area contributed by atoms with Crippen LogP contribution < -0.4 is 9.46 Å². The summed E-state index contributed by atoms with van der Waals surface area (Å²) in [5.41, 5.74) is -2.19. The standard InChI is InChI=1S/C18H13Cl2F3N4O4S/c1-9-16(17(28)25-32(29,30)15-8-11(31-2)4-5-13(15)20)24-26-27(9)14-6-3-10(19)7-12(14)18(21,22)23/h3-8H,1-2H3,(H,25,28). The minimum atomic E-state index is -4.77. The van der Waals surface area contributed by atoms with Crippen LogP contribution in [0, 0.1) is 6.92 Å². The lowest BCUT2D eigenvalue weighted by molar-refractivity contribution is -0.137. The Morgan fingerprint density at radius 2 is 1.84 bits per heavy atom. The zero-order valence-electron chi connectivity index (χ0n) is 16.2. The molecule has 170 valence electrons. The fourth-order valence-electron chi connectivity index (χ4n) is 2.73. The lowest BCUT2D eigenvalue weighted by Crippen LogP contribution is -2.31. The molecule has 3 rings (SSSR count). The number of benzene rings is 2. The van der Waals surface area contributed by atoms with Crippen molar-refractivity contribution in [3.8, 4) is 11.4 Å². The molecule has 0 atom stereocenters. The highest BCUT2D eigenvalue weighted by molar-refractivity contribution is 7.90. The SMILES string of the molecule is COc1ccc(Cl)c(S(=O)(=O)NC(=O)c2nnn(-c3ccc(Cl)cc3C(F)(F)F)c2C)c1. The van der Waals surface area contributed by atoms with Gasteiger partial charge in [0.05, 0.1) is 29.1 Å². The third-order valence-electron chi connectivity index (χ3n) is 4.26. The Balaban J connectivity index is 1.99. The smallest absolute Gasteiger partial charge is 0.418 e. The molecular formula is C18H13Cl2F3N4O4S. The Labute approximate surface area is 189 Å². The molecule has 0 radical (unpaired) electrons. The summed E-state index contributed by atoms with van der Waals surface area (Å²) in [5.74, 6) is -1.04. The largest absolute Gasteiger partial charge is 0.497 e. The third-order valence-corrected chi connectivity index (χ3v) is 6.30. The van der Waals surface area contributed by atoms with Crippen LogP contribution >= 0.6 is 23.2 Å². The molecule has 32 heavy (non-hydrogen) atoms. The van der Waals surface area contributed by atoms with Gasteiger partial charge in [-0.25, -0.2) is 17.8 Å². The summed E-state index contributed by atoms with van der Waals surface area (Å²) >= 11 is 11.6. The molecule has 2 aromatic carbocycles. The minimum Gasteiger partial charge on any atom is -0.497 e. The highest BCUT2D eigenvalue weighted by atomic mass is 35.5. The predicted octanol–water partition coefficient (Wildman–Crippen LogP) is 4.03. The quantitative estimate of drug-likeness (QED) is 0.558. The lowest BCUT2D eigenvalue weighted by atomic mass is 10.1. The van der Waals surface area contributed by atoms with Crippen molar-refractivity contribution in [3.63, 3.8) is 0 Å². The molecule has 0 unspecified atom stereocenters. The van der Waals surface area contributed by atoms with E-state index in [1.165, 1.54) is 32.2 Å². The van der Waals surface area contributed by atoms with Crippen LogP contribution in [0.15, 0.2) is 41.3 Å². The van der Waals surface area contributed by atoms with Gasteiger partial charge in [0, 0.05) is 11.1 Å². The van der Waals surface area contributed by atoms with Gasteiger partial charge in [-0.15, -0.1) is 5.10 Å². The number of rotatable bonds is 5. The molecule has 14 heteroatoms. The highest BCUT2D eigenvalue weighted by Gasteiger charge is 2.35. The van der Waals surface area contributed by atoms with Gasteiger partial charge in [0.15, 0.2) is 5.69 Å². The number of hydrogen-bond acceptors (Lipinski definition) is 6. The van der Waals surface area contributed by atoms with Gasteiger partial charge in [0.2, 0.25) is 0 Å². The molecule has 0 spiro atoms. The van der Waals surface area contributed by atoms with Gasteiger partial charge >= 0.3 is 6.18 Å². The second-order valence-electron chi connectivity index (χ2n) is 6.33. The van der Waals surface area contributed by atoms with Crippen molar-refractivity contribution in [1.82, 2.24) is 19.7 Å². The molecule has 8 nitrogen and oxygen atoms in total. The first kappa shape index (κ1) is 23.8. The van der Waals surface area contributed by atoms with Crippen LogP contribution in [0.4, 0.5) is 13.2 Å². The Hall–Kier alpha value is -2.83. The van der Waals surface area contributed by atoms with E-state index in [0.29, 0.717) is 6.07 Å². The molecule has 1 N–H and O–H groups in total. The van der Waals surface area contributed by atoms with Crippen molar-refractivity contribution in [3.05, 3.63) is 63.4 Å². The molecule has 0 aliphatic rings. The Bertz CT molecular complexity index is 1310. The molecule has 0 saturated heterocycles. The van der Waals surface area contributed by atoms with Crippen molar-refractivity contribution in [1.29, 1.82) is 0 Å². The van der Waals surface area contributed by atoms with Crippen molar-refractivity contribution in [2.24, 2.45) is 0 Å². The molecule has 0 aliphatic heterocycles. The first-order valence-corrected chi connectivity index (χ1v) is 10.8. The van der Waals surface area contributed by atoms with E-state index in [9.17, 15) is 26.4 Å². The number of carbonyl (C=O) groups is 1. The third kappa shape index (κ3) is 4.66. The predicted molar refractivity (Wildman–Crippen MR) is 109 cm³/mol. The number of nitrogens with zero attached hydrogens (tertiary/aromatic N) is 3. The van der Waals surface area contributed by atoms with Crippen LogP contribution in [0.25, 0.3) is 5.69 Å². The average Bonchev–Trinajstić information content (AvgIpc) is 3.08. The van der Waals surface area contributed by atoms with E-state index in [1.807, 2.05) is 0 Å². The first-order valence-electron chi connectivity index (χ1n) is 8.55. The summed E-state index contributed by atoms with van der Waals surface area (Å²) in [6, 6.07) is 6.75. The summed E-state index contributed by atoms with van der Waals surface area (Å²) in [6.45, 7) is 1.26. The van der Waals surface area contributed by atoms with Crippen LogP contribution in [0.1, 0.15) is 21.7 Å². The van der Waals surface area contributed by atoms with Gasteiger partial charge in [0.1, 0.15) is 10.6 Å². The first-order chi connectivity index (χ1) is 14.8. The van der Waals surface area contributed by atoms with Crippen LogP contribution in [-0.4, -0.2) is 36.4 Å². The number of carbonyl (C=O) groups excluding carboxylic acids is 1. The van der Waals surface area contributed by atoms with Crippen molar-refractivity contribution < 1.29 is 31.1 Å². The zero-order chi connectivity index (χ0) is 23.8. The van der Waals surface area contributed by atoms with Gasteiger partial charge < -0.3 is 4.74 Å². The highest BCUT2D eigenvalue weighted by Crippen LogP contribution is 2.36. The maximum absolute atomic E-state index is 13.4. The molecule has 0 bridgehead atoms. The van der Waals surface area contributed by atoms with Crippen molar-refractivity contribution in [2.75, 3.05) is 7.11 Å². The summed E-state index contributed by atoms with van der Waals surface area (Å²) in [6.07, 6.45) is -4.77. The number of nitrogens with one attached hydrogen (secondary N) is 1. The molecule has 1 aromatic heterocycles. The van der Waals surface area contributed by atoms with E-state index in [4.69, 9.17) is 27.9 Å². The topological polar surface area (TPSA) is 103 Å². The Morgan fingerprint density at radius 3 is 2.47 bits per heavy atom. The van der Waals surface area contributed by atoms with E-state index in [-0.39, 0.29) is 21.5 Å². The zero-order valence-corrected chi connectivity index (χ0v) is 18.6. The van der Waals surface area contributed by atoms with Gasteiger partial charge in [-0.2, -0.15) is 13.2 Å². The van der Waals surface area contributed by atoms with Crippen LogP contribution in [0.2, 0.25) is 10.0 Å². The molecule has 0 saturated carbocycles. The number of halogens is 5. The number of aromatic nitrogens is 3. The molecular weight excluding hydrogens is 496 g/mol. The number of ether oxygens (including phenoxy) is 1. The maximum atomic E-state index is 13.4. The van der Waals surface area contributed by atoms with Gasteiger partial charge in [-0.3, -0.25) is 4.79 Å². The van der Waals surface area contributed by atoms with Crippen LogP contribution in [0.5, 0.6) is 5.75 Å². The van der Waals surface area contributed by atoms with E-state index in [0.717, 1.165) is 16.8 Å². The van der Waals surface area contributed by atoms with Crippen molar-refractivity contribution >= 4 is 39.1 Å².